The van der Waals surface area contributed by atoms with Crippen molar-refractivity contribution in [3.8, 4) is 0 Å². The number of benzene rings is 1. The standard InChI is InChI=1S/C9H9NSe2/c1-7-10-9(12-11-7)8-5-3-2-4-6-8/h2-7H,1H3. The second-order valence-electron chi connectivity index (χ2n) is 2.58. The van der Waals surface area contributed by atoms with Crippen molar-refractivity contribution in [2.45, 2.75) is 11.9 Å². The Balaban J connectivity index is 2.27. The van der Waals surface area contributed by atoms with E-state index in [0.717, 1.165) is 13.1 Å². The fraction of sp³-hybridized carbons (Fsp3) is 0.222. The van der Waals surface area contributed by atoms with Crippen LogP contribution in [0.5, 0.6) is 0 Å². The van der Waals surface area contributed by atoms with Gasteiger partial charge in [-0.3, -0.25) is 0 Å². The molecule has 1 aliphatic rings. The van der Waals surface area contributed by atoms with E-state index in [9.17, 15) is 0 Å². The number of hydrogen-bond donors (Lipinski definition) is 0. The van der Waals surface area contributed by atoms with E-state index < -0.39 is 0 Å². The fourth-order valence-corrected chi connectivity index (χ4v) is 7.57. The number of nitrogens with zero attached hydrogens (tertiary/aromatic N) is 1. The van der Waals surface area contributed by atoms with Gasteiger partial charge in [-0.05, 0) is 0 Å². The van der Waals surface area contributed by atoms with Gasteiger partial charge in [0.15, 0.2) is 0 Å². The number of hydrogen-bond acceptors (Lipinski definition) is 1. The maximum absolute atomic E-state index is 4.63. The second-order valence-corrected chi connectivity index (χ2v) is 9.49. The molecular formula is C9H9NSe2. The molecule has 0 aromatic heterocycles. The summed E-state index contributed by atoms with van der Waals surface area (Å²) in [6.07, 6.45) is 0. The molecule has 1 nitrogen and oxygen atoms in total. The molecule has 0 N–H and O–H groups in total. The summed E-state index contributed by atoms with van der Waals surface area (Å²) in [6.45, 7) is 2.22. The number of aliphatic imine (C=N–C) groups is 1. The van der Waals surface area contributed by atoms with E-state index in [4.69, 9.17) is 0 Å². The summed E-state index contributed by atoms with van der Waals surface area (Å²) >= 11 is 1.44. The van der Waals surface area contributed by atoms with Crippen molar-refractivity contribution < 1.29 is 0 Å². The average molecular weight is 289 g/mol. The molecule has 1 aromatic rings. The first kappa shape index (κ1) is 8.52. The Bertz CT molecular complexity index is 295. The van der Waals surface area contributed by atoms with Gasteiger partial charge in [0, 0.05) is 0 Å². The molecule has 3 heteroatoms. The molecule has 12 heavy (non-hydrogen) atoms. The molecule has 0 amide bonds. The van der Waals surface area contributed by atoms with E-state index in [0.29, 0.717) is 18.1 Å². The van der Waals surface area contributed by atoms with Crippen molar-refractivity contribution in [1.29, 1.82) is 0 Å². The Hall–Kier alpha value is -0.0710. The molecule has 1 atom stereocenters. The minimum atomic E-state index is 0.618. The maximum atomic E-state index is 4.63. The van der Waals surface area contributed by atoms with Crippen LogP contribution in [0.4, 0.5) is 0 Å². The monoisotopic (exact) mass is 291 g/mol. The Kier molecular flexibility index (Phi) is 2.67. The molecular weight excluding hydrogens is 280 g/mol. The van der Waals surface area contributed by atoms with Crippen LogP contribution in [0.2, 0.25) is 0 Å². The SMILES string of the molecule is CC1N=C(c2ccccc2)[Se][Se]1. The molecule has 0 saturated heterocycles. The average Bonchev–Trinajstić information content (AvgIpc) is 2.54. The van der Waals surface area contributed by atoms with Gasteiger partial charge in [0.05, 0.1) is 0 Å². The fourth-order valence-electron chi connectivity index (χ4n) is 1.03. The van der Waals surface area contributed by atoms with Crippen LogP contribution in [-0.4, -0.2) is 35.8 Å². The zero-order chi connectivity index (χ0) is 8.39. The van der Waals surface area contributed by atoms with Crippen LogP contribution in [0.15, 0.2) is 35.3 Å². The Morgan fingerprint density at radius 3 is 2.58 bits per heavy atom. The summed E-state index contributed by atoms with van der Waals surface area (Å²) in [5.74, 6) is 0. The van der Waals surface area contributed by atoms with E-state index in [1.165, 1.54) is 10.2 Å². The van der Waals surface area contributed by atoms with E-state index in [1.807, 2.05) is 0 Å². The van der Waals surface area contributed by atoms with Crippen LogP contribution < -0.4 is 0 Å². The van der Waals surface area contributed by atoms with Gasteiger partial charge >= 0.3 is 83.6 Å². The molecule has 0 saturated carbocycles. The molecule has 1 unspecified atom stereocenters. The summed E-state index contributed by atoms with van der Waals surface area (Å²) < 4.78 is 1.37. The zero-order valence-electron chi connectivity index (χ0n) is 6.73. The van der Waals surface area contributed by atoms with E-state index in [-0.39, 0.29) is 0 Å². The topological polar surface area (TPSA) is 12.4 Å². The Labute approximate surface area is 83.5 Å². The van der Waals surface area contributed by atoms with Crippen LogP contribution in [0.3, 0.4) is 0 Å². The summed E-state index contributed by atoms with van der Waals surface area (Å²) in [5, 5.41) is 0. The Morgan fingerprint density at radius 1 is 1.25 bits per heavy atom. The molecule has 0 radical (unpaired) electrons. The van der Waals surface area contributed by atoms with Gasteiger partial charge in [-0.25, -0.2) is 0 Å². The third-order valence-electron chi connectivity index (χ3n) is 1.59. The van der Waals surface area contributed by atoms with Crippen LogP contribution in [0.1, 0.15) is 12.5 Å². The van der Waals surface area contributed by atoms with Crippen molar-refractivity contribution >= 4 is 30.9 Å². The van der Waals surface area contributed by atoms with Gasteiger partial charge in [-0.15, -0.1) is 0 Å². The van der Waals surface area contributed by atoms with Crippen molar-refractivity contribution in [1.82, 2.24) is 0 Å². The van der Waals surface area contributed by atoms with Gasteiger partial charge in [0.2, 0.25) is 0 Å². The van der Waals surface area contributed by atoms with Crippen molar-refractivity contribution in [3.63, 3.8) is 0 Å². The van der Waals surface area contributed by atoms with E-state index >= 15 is 0 Å². The first-order valence-corrected chi connectivity index (χ1v) is 10.0. The summed E-state index contributed by atoms with van der Waals surface area (Å²) in [4.78, 5) is 5.25. The third kappa shape index (κ3) is 1.81. The summed E-state index contributed by atoms with van der Waals surface area (Å²) in [5.41, 5.74) is 1.34. The van der Waals surface area contributed by atoms with E-state index in [2.05, 4.69) is 42.2 Å². The quantitative estimate of drug-likeness (QED) is 0.687. The first-order valence-electron chi connectivity index (χ1n) is 3.83. The molecule has 1 aromatic carbocycles. The normalized spacial score (nSPS) is 22.4. The molecule has 1 heterocycles. The van der Waals surface area contributed by atoms with E-state index in [1.54, 1.807) is 0 Å². The summed E-state index contributed by atoms with van der Waals surface area (Å²) in [6, 6.07) is 10.6. The predicted molar refractivity (Wildman–Crippen MR) is 53.9 cm³/mol. The van der Waals surface area contributed by atoms with Crippen LogP contribution >= 0.6 is 0 Å². The molecule has 0 spiro atoms. The molecule has 1 aliphatic heterocycles. The minimum absolute atomic E-state index is 0.618. The molecule has 2 rings (SSSR count). The van der Waals surface area contributed by atoms with Gasteiger partial charge in [-0.2, -0.15) is 0 Å². The molecule has 0 bridgehead atoms. The van der Waals surface area contributed by atoms with Crippen LogP contribution in [-0.2, 0) is 0 Å². The molecule has 0 fully saturated rings. The molecule has 62 valence electrons. The Morgan fingerprint density at radius 2 is 2.00 bits per heavy atom. The second kappa shape index (κ2) is 3.76. The van der Waals surface area contributed by atoms with Crippen molar-refractivity contribution in [2.75, 3.05) is 0 Å². The van der Waals surface area contributed by atoms with Crippen LogP contribution in [0, 0.1) is 0 Å². The van der Waals surface area contributed by atoms with Crippen molar-refractivity contribution in [2.24, 2.45) is 4.99 Å². The van der Waals surface area contributed by atoms with Crippen molar-refractivity contribution in [3.05, 3.63) is 35.9 Å². The number of rotatable bonds is 1. The first-order chi connectivity index (χ1) is 5.86. The zero-order valence-corrected chi connectivity index (χ0v) is 10.2. The van der Waals surface area contributed by atoms with Crippen LogP contribution in [0.25, 0.3) is 0 Å². The predicted octanol–water partition coefficient (Wildman–Crippen LogP) is 1.12. The van der Waals surface area contributed by atoms with Gasteiger partial charge < -0.3 is 0 Å². The van der Waals surface area contributed by atoms with Gasteiger partial charge in [-0.1, -0.05) is 0 Å². The van der Waals surface area contributed by atoms with Gasteiger partial charge in [0.1, 0.15) is 0 Å². The van der Waals surface area contributed by atoms with Gasteiger partial charge in [0.25, 0.3) is 0 Å². The molecule has 0 aliphatic carbocycles. The third-order valence-corrected chi connectivity index (χ3v) is 9.45. The summed E-state index contributed by atoms with van der Waals surface area (Å²) in [7, 11) is 0.